The summed E-state index contributed by atoms with van der Waals surface area (Å²) in [5, 5.41) is 16.0. The van der Waals surface area contributed by atoms with E-state index in [1.54, 1.807) is 18.2 Å². The first-order valence-electron chi connectivity index (χ1n) is 9.14. The fourth-order valence-corrected chi connectivity index (χ4v) is 3.88. The van der Waals surface area contributed by atoms with Crippen molar-refractivity contribution in [2.24, 2.45) is 0 Å². The molecule has 0 bridgehead atoms. The zero-order chi connectivity index (χ0) is 19.7. The van der Waals surface area contributed by atoms with Crippen LogP contribution in [0.15, 0.2) is 77.3 Å². The molecule has 1 aliphatic heterocycles. The average Bonchev–Trinajstić information content (AvgIpc) is 2.70. The molecule has 0 fully saturated rings. The standard InChI is InChI=1S/C23H20BrFN2O/c1-14-5-7-15(8-6-14)20-13-21(19-12-17(24)9-10-22(19)28)27-23(26-20)16-3-2-4-18(25)11-16/h2-13,21,23,26-28H,1H3/p+1. The minimum Gasteiger partial charge on any atom is -0.507 e. The third-order valence-corrected chi connectivity index (χ3v) is 5.47. The molecule has 1 heterocycles. The second-order valence-electron chi connectivity index (χ2n) is 7.04. The zero-order valence-electron chi connectivity index (χ0n) is 15.4. The molecule has 3 aromatic rings. The van der Waals surface area contributed by atoms with Gasteiger partial charge in [-0.15, -0.1) is 0 Å². The molecule has 0 aliphatic carbocycles. The van der Waals surface area contributed by atoms with Crippen molar-refractivity contribution in [3.8, 4) is 5.75 Å². The van der Waals surface area contributed by atoms with E-state index in [4.69, 9.17) is 0 Å². The Bertz CT molecular complexity index is 1030. The highest BCUT2D eigenvalue weighted by Gasteiger charge is 2.29. The van der Waals surface area contributed by atoms with Gasteiger partial charge in [0.25, 0.3) is 0 Å². The van der Waals surface area contributed by atoms with Gasteiger partial charge < -0.3 is 15.7 Å². The van der Waals surface area contributed by atoms with E-state index in [2.05, 4.69) is 63.8 Å². The number of halogens is 2. The summed E-state index contributed by atoms with van der Waals surface area (Å²) in [4.78, 5) is 0. The highest BCUT2D eigenvalue weighted by atomic mass is 79.9. The summed E-state index contributed by atoms with van der Waals surface area (Å²) in [7, 11) is 0. The number of aromatic hydroxyl groups is 1. The molecular formula is C23H21BrFN2O+. The van der Waals surface area contributed by atoms with Gasteiger partial charge >= 0.3 is 0 Å². The number of benzene rings is 3. The number of phenolic OH excluding ortho intramolecular Hbond substituents is 1. The van der Waals surface area contributed by atoms with E-state index >= 15 is 0 Å². The van der Waals surface area contributed by atoms with E-state index in [1.165, 1.54) is 11.6 Å². The maximum absolute atomic E-state index is 13.8. The predicted octanol–water partition coefficient (Wildman–Crippen LogP) is 4.55. The van der Waals surface area contributed by atoms with Crippen LogP contribution in [-0.2, 0) is 0 Å². The molecule has 2 unspecified atom stereocenters. The highest BCUT2D eigenvalue weighted by molar-refractivity contribution is 9.10. The summed E-state index contributed by atoms with van der Waals surface area (Å²) in [5.41, 5.74) is 4.86. The quantitative estimate of drug-likeness (QED) is 0.560. The second kappa shape index (κ2) is 7.78. The molecule has 0 amide bonds. The van der Waals surface area contributed by atoms with Crippen molar-refractivity contribution in [2.45, 2.75) is 19.1 Å². The van der Waals surface area contributed by atoms with E-state index < -0.39 is 0 Å². The van der Waals surface area contributed by atoms with Gasteiger partial charge in [-0.05, 0) is 42.8 Å². The summed E-state index contributed by atoms with van der Waals surface area (Å²) in [5.74, 6) is -0.0233. The topological polar surface area (TPSA) is 48.9 Å². The fraction of sp³-hybridized carbons (Fsp3) is 0.130. The third-order valence-electron chi connectivity index (χ3n) is 4.98. The number of aryl methyl sites for hydroxylation is 1. The summed E-state index contributed by atoms with van der Waals surface area (Å²) >= 11 is 3.49. The second-order valence-corrected chi connectivity index (χ2v) is 7.96. The normalized spacial score (nSPS) is 19.0. The van der Waals surface area contributed by atoms with Crippen LogP contribution in [0, 0.1) is 12.7 Å². The molecule has 4 rings (SSSR count). The van der Waals surface area contributed by atoms with Gasteiger partial charge in [-0.1, -0.05) is 57.9 Å². The van der Waals surface area contributed by atoms with Crippen LogP contribution < -0.4 is 10.6 Å². The Kier molecular flexibility index (Phi) is 5.20. The molecule has 3 aromatic carbocycles. The molecule has 0 saturated carbocycles. The van der Waals surface area contributed by atoms with Crippen LogP contribution in [0.3, 0.4) is 0 Å². The number of nitrogens with two attached hydrogens (primary N) is 1. The lowest BCUT2D eigenvalue weighted by molar-refractivity contribution is -0.731. The van der Waals surface area contributed by atoms with Crippen LogP contribution in [-0.4, -0.2) is 5.11 Å². The predicted molar refractivity (Wildman–Crippen MR) is 112 cm³/mol. The Morgan fingerprint density at radius 3 is 2.57 bits per heavy atom. The maximum atomic E-state index is 13.8. The number of phenols is 1. The minimum absolute atomic E-state index is 0.122. The van der Waals surface area contributed by atoms with E-state index in [0.717, 1.165) is 26.9 Å². The third kappa shape index (κ3) is 3.96. The minimum atomic E-state index is -0.263. The van der Waals surface area contributed by atoms with Crippen molar-refractivity contribution in [1.29, 1.82) is 0 Å². The van der Waals surface area contributed by atoms with Crippen LogP contribution in [0.25, 0.3) is 5.70 Å². The monoisotopic (exact) mass is 439 g/mol. The SMILES string of the molecule is Cc1ccc(C2=CC(c3cc(Br)ccc3O)[NH2+]C(c3cccc(F)c3)N2)cc1. The number of hydrogen-bond acceptors (Lipinski definition) is 2. The van der Waals surface area contributed by atoms with Crippen LogP contribution in [0.4, 0.5) is 4.39 Å². The van der Waals surface area contributed by atoms with Gasteiger partial charge in [-0.25, -0.2) is 4.39 Å². The molecule has 142 valence electrons. The van der Waals surface area contributed by atoms with Gasteiger partial charge in [0.15, 0.2) is 6.17 Å². The van der Waals surface area contributed by atoms with Gasteiger partial charge in [0.05, 0.1) is 5.56 Å². The molecule has 5 heteroatoms. The van der Waals surface area contributed by atoms with E-state index in [0.29, 0.717) is 0 Å². The molecule has 28 heavy (non-hydrogen) atoms. The number of quaternary nitrogens is 1. The largest absolute Gasteiger partial charge is 0.507 e. The van der Waals surface area contributed by atoms with Gasteiger partial charge in [0, 0.05) is 21.8 Å². The zero-order valence-corrected chi connectivity index (χ0v) is 16.9. The lowest BCUT2D eigenvalue weighted by atomic mass is 9.97. The molecule has 1 aliphatic rings. The number of nitrogens with one attached hydrogen (secondary N) is 1. The van der Waals surface area contributed by atoms with Crippen LogP contribution in [0.5, 0.6) is 5.75 Å². The highest BCUT2D eigenvalue weighted by Crippen LogP contribution is 2.31. The van der Waals surface area contributed by atoms with E-state index in [9.17, 15) is 9.50 Å². The van der Waals surface area contributed by atoms with Crippen LogP contribution in [0.2, 0.25) is 0 Å². The van der Waals surface area contributed by atoms with E-state index in [-0.39, 0.29) is 23.8 Å². The first-order chi connectivity index (χ1) is 13.5. The molecular weight excluding hydrogens is 419 g/mol. The molecule has 0 spiro atoms. The van der Waals surface area contributed by atoms with Crippen molar-refractivity contribution in [3.63, 3.8) is 0 Å². The van der Waals surface area contributed by atoms with Gasteiger partial charge in [0.2, 0.25) is 0 Å². The molecule has 3 nitrogen and oxygen atoms in total. The van der Waals surface area contributed by atoms with Gasteiger partial charge in [0.1, 0.15) is 17.6 Å². The summed E-state index contributed by atoms with van der Waals surface area (Å²) in [6.07, 6.45) is 1.92. The Balaban J connectivity index is 1.78. The Labute approximate surface area is 172 Å². The van der Waals surface area contributed by atoms with Crippen molar-refractivity contribution in [2.75, 3.05) is 0 Å². The van der Waals surface area contributed by atoms with Crippen LogP contribution in [0.1, 0.15) is 34.5 Å². The van der Waals surface area contributed by atoms with Crippen molar-refractivity contribution < 1.29 is 14.8 Å². The summed E-state index contributed by atoms with van der Waals surface area (Å²) in [6, 6.07) is 20.2. The number of rotatable bonds is 3. The van der Waals surface area contributed by atoms with Gasteiger partial charge in [-0.2, -0.15) is 0 Å². The van der Waals surface area contributed by atoms with Crippen molar-refractivity contribution in [1.82, 2.24) is 5.32 Å². The Hall–Kier alpha value is -2.63. The van der Waals surface area contributed by atoms with Gasteiger partial charge in [-0.3, -0.25) is 0 Å². The smallest absolute Gasteiger partial charge is 0.186 e. The van der Waals surface area contributed by atoms with E-state index in [1.807, 2.05) is 18.2 Å². The number of hydrogen-bond donors (Lipinski definition) is 3. The summed E-state index contributed by atoms with van der Waals surface area (Å²) < 4.78 is 14.7. The molecule has 0 radical (unpaired) electrons. The van der Waals surface area contributed by atoms with Crippen LogP contribution >= 0.6 is 15.9 Å². The molecule has 4 N–H and O–H groups in total. The van der Waals surface area contributed by atoms with Crippen molar-refractivity contribution >= 4 is 21.6 Å². The summed E-state index contributed by atoms with van der Waals surface area (Å²) in [6.45, 7) is 2.05. The molecule has 2 atom stereocenters. The lowest BCUT2D eigenvalue weighted by Gasteiger charge is -2.30. The first kappa shape index (κ1) is 18.7. The Morgan fingerprint density at radius 1 is 1.04 bits per heavy atom. The molecule has 0 aromatic heterocycles. The molecule has 0 saturated heterocycles. The van der Waals surface area contributed by atoms with Crippen molar-refractivity contribution in [3.05, 3.63) is 105 Å². The Morgan fingerprint density at radius 2 is 1.82 bits per heavy atom. The average molecular weight is 440 g/mol. The maximum Gasteiger partial charge on any atom is 0.186 e. The lowest BCUT2D eigenvalue weighted by Crippen LogP contribution is -2.89. The fourth-order valence-electron chi connectivity index (χ4n) is 3.50. The first-order valence-corrected chi connectivity index (χ1v) is 9.93.